The SMILES string of the molecule is CCCCC(CC)Cc1c(C(=O)O)c(CC(CC)CCCC)c(C(=O)O)c(CC(CC)CCCC)c1C(=O)O. The highest BCUT2D eigenvalue weighted by Crippen LogP contribution is 2.37. The van der Waals surface area contributed by atoms with Crippen LogP contribution in [0.5, 0.6) is 0 Å². The molecule has 1 rings (SSSR count). The molecule has 3 N–H and O–H groups in total. The third-order valence-electron chi connectivity index (χ3n) is 8.56. The lowest BCUT2D eigenvalue weighted by Gasteiger charge is -2.27. The van der Waals surface area contributed by atoms with Crippen LogP contribution < -0.4 is 0 Å². The summed E-state index contributed by atoms with van der Waals surface area (Å²) in [7, 11) is 0. The maximum Gasteiger partial charge on any atom is 0.336 e. The molecule has 1 aromatic rings. The van der Waals surface area contributed by atoms with Crippen molar-refractivity contribution in [1.29, 1.82) is 0 Å². The van der Waals surface area contributed by atoms with Crippen molar-refractivity contribution in [2.24, 2.45) is 17.8 Å². The van der Waals surface area contributed by atoms with Crippen molar-refractivity contribution in [2.45, 2.75) is 138 Å². The van der Waals surface area contributed by atoms with Gasteiger partial charge in [-0.15, -0.1) is 0 Å². The Bertz CT molecular complexity index is 795. The van der Waals surface area contributed by atoms with Crippen LogP contribution in [0.2, 0.25) is 0 Å². The predicted octanol–water partition coefficient (Wildman–Crippen LogP) is 9.06. The van der Waals surface area contributed by atoms with Gasteiger partial charge in [-0.3, -0.25) is 0 Å². The molecule has 39 heavy (non-hydrogen) atoms. The first-order valence-electron chi connectivity index (χ1n) is 15.5. The third-order valence-corrected chi connectivity index (χ3v) is 8.56. The normalized spacial score (nSPS) is 13.7. The molecular formula is C33H54O6. The molecule has 6 nitrogen and oxygen atoms in total. The number of aromatic carboxylic acids is 3. The van der Waals surface area contributed by atoms with Crippen LogP contribution in [0, 0.1) is 17.8 Å². The zero-order valence-corrected chi connectivity index (χ0v) is 25.4. The summed E-state index contributed by atoms with van der Waals surface area (Å²) in [6, 6.07) is 0. The first kappa shape index (κ1) is 34.7. The summed E-state index contributed by atoms with van der Waals surface area (Å²) >= 11 is 0. The zero-order valence-electron chi connectivity index (χ0n) is 25.4. The van der Waals surface area contributed by atoms with Crippen LogP contribution in [-0.4, -0.2) is 33.2 Å². The van der Waals surface area contributed by atoms with E-state index in [4.69, 9.17) is 0 Å². The number of carboxylic acid groups (broad SMARTS) is 3. The highest BCUT2D eigenvalue weighted by molar-refractivity contribution is 6.05. The molecular weight excluding hydrogens is 492 g/mol. The van der Waals surface area contributed by atoms with Gasteiger partial charge in [-0.25, -0.2) is 14.4 Å². The summed E-state index contributed by atoms with van der Waals surface area (Å²) in [6.45, 7) is 12.5. The number of hydrogen-bond donors (Lipinski definition) is 3. The van der Waals surface area contributed by atoms with Gasteiger partial charge in [-0.2, -0.15) is 0 Å². The average Bonchev–Trinajstić information content (AvgIpc) is 2.89. The van der Waals surface area contributed by atoms with E-state index < -0.39 is 17.9 Å². The lowest BCUT2D eigenvalue weighted by atomic mass is 9.76. The summed E-state index contributed by atoms with van der Waals surface area (Å²) in [5.74, 6) is -3.23. The monoisotopic (exact) mass is 546 g/mol. The minimum atomic E-state index is -1.22. The number of hydrogen-bond acceptors (Lipinski definition) is 3. The van der Waals surface area contributed by atoms with Crippen LogP contribution in [0.1, 0.15) is 166 Å². The molecule has 0 aliphatic heterocycles. The van der Waals surface area contributed by atoms with E-state index in [1.165, 1.54) is 0 Å². The van der Waals surface area contributed by atoms with Gasteiger partial charge < -0.3 is 15.3 Å². The molecule has 6 heteroatoms. The Hall–Kier alpha value is -2.37. The van der Waals surface area contributed by atoms with Gasteiger partial charge in [0.15, 0.2) is 0 Å². The smallest absolute Gasteiger partial charge is 0.336 e. The molecule has 0 saturated carbocycles. The fourth-order valence-electron chi connectivity index (χ4n) is 6.00. The molecule has 0 aromatic heterocycles. The number of carboxylic acids is 3. The lowest BCUT2D eigenvalue weighted by molar-refractivity contribution is 0.0692. The van der Waals surface area contributed by atoms with Crippen LogP contribution in [0.25, 0.3) is 0 Å². The average molecular weight is 547 g/mol. The van der Waals surface area contributed by atoms with E-state index in [1.807, 2.05) is 0 Å². The highest BCUT2D eigenvalue weighted by Gasteiger charge is 2.34. The Balaban J connectivity index is 4.13. The van der Waals surface area contributed by atoms with E-state index >= 15 is 0 Å². The van der Waals surface area contributed by atoms with E-state index in [1.54, 1.807) is 0 Å². The minimum Gasteiger partial charge on any atom is -0.478 e. The largest absolute Gasteiger partial charge is 0.478 e. The Kier molecular flexibility index (Phi) is 16.1. The first-order chi connectivity index (χ1) is 18.6. The van der Waals surface area contributed by atoms with Gasteiger partial charge in [0.2, 0.25) is 0 Å². The summed E-state index contributed by atoms with van der Waals surface area (Å²) < 4.78 is 0. The number of rotatable bonds is 21. The molecule has 222 valence electrons. The summed E-state index contributed by atoms with van der Waals surface area (Å²) in [5, 5.41) is 31.6. The van der Waals surface area contributed by atoms with Crippen molar-refractivity contribution in [3.63, 3.8) is 0 Å². The van der Waals surface area contributed by atoms with Crippen LogP contribution in [-0.2, 0) is 19.3 Å². The first-order valence-corrected chi connectivity index (χ1v) is 15.5. The van der Waals surface area contributed by atoms with Gasteiger partial charge in [0.05, 0.1) is 16.7 Å². The quantitative estimate of drug-likeness (QED) is 0.142. The second-order valence-corrected chi connectivity index (χ2v) is 11.3. The molecule has 0 radical (unpaired) electrons. The second-order valence-electron chi connectivity index (χ2n) is 11.3. The van der Waals surface area contributed by atoms with Gasteiger partial charge in [-0.1, -0.05) is 119 Å². The molecule has 0 amide bonds. The maximum absolute atomic E-state index is 12.9. The van der Waals surface area contributed by atoms with E-state index in [0.717, 1.165) is 77.0 Å². The predicted molar refractivity (Wildman–Crippen MR) is 158 cm³/mol. The maximum atomic E-state index is 12.9. The Morgan fingerprint density at radius 1 is 0.487 bits per heavy atom. The highest BCUT2D eigenvalue weighted by atomic mass is 16.4. The van der Waals surface area contributed by atoms with E-state index in [-0.39, 0.29) is 34.4 Å². The molecule has 0 fully saturated rings. The topological polar surface area (TPSA) is 112 Å². The summed E-state index contributed by atoms with van der Waals surface area (Å²) in [5.41, 5.74) is 0.802. The number of benzene rings is 1. The standard InChI is InChI=1S/C33H54O6/c1-7-13-16-22(10-4)19-25-28(31(34)35)26(20-23(11-5)17-14-8-2)30(33(38)39)27(29(25)32(36)37)21-24(12-6)18-15-9-3/h22-24H,7-21H2,1-6H3,(H,34,35)(H,36,37)(H,38,39). The van der Waals surface area contributed by atoms with Crippen molar-refractivity contribution in [3.05, 3.63) is 33.4 Å². The van der Waals surface area contributed by atoms with Crippen LogP contribution in [0.4, 0.5) is 0 Å². The molecule has 0 spiro atoms. The summed E-state index contributed by atoms with van der Waals surface area (Å²) in [4.78, 5) is 38.7. The lowest BCUT2D eigenvalue weighted by Crippen LogP contribution is -2.25. The van der Waals surface area contributed by atoms with Crippen molar-refractivity contribution in [3.8, 4) is 0 Å². The number of carbonyl (C=O) groups is 3. The molecule has 3 unspecified atom stereocenters. The van der Waals surface area contributed by atoms with Crippen LogP contribution in [0.15, 0.2) is 0 Å². The van der Waals surface area contributed by atoms with Gasteiger partial charge in [0.1, 0.15) is 0 Å². The van der Waals surface area contributed by atoms with E-state index in [0.29, 0.717) is 36.0 Å². The molecule has 1 aromatic carbocycles. The Morgan fingerprint density at radius 2 is 0.718 bits per heavy atom. The molecule has 0 aliphatic carbocycles. The van der Waals surface area contributed by atoms with Crippen molar-refractivity contribution in [2.75, 3.05) is 0 Å². The second kappa shape index (κ2) is 18.1. The van der Waals surface area contributed by atoms with Gasteiger partial charge in [0.25, 0.3) is 0 Å². The molecule has 0 aliphatic rings. The summed E-state index contributed by atoms with van der Waals surface area (Å²) in [6.07, 6.45) is 12.1. The number of unbranched alkanes of at least 4 members (excludes halogenated alkanes) is 3. The zero-order chi connectivity index (χ0) is 29.5. The van der Waals surface area contributed by atoms with Crippen molar-refractivity contribution in [1.82, 2.24) is 0 Å². The molecule has 0 heterocycles. The molecule has 0 bridgehead atoms. The molecule has 3 atom stereocenters. The van der Waals surface area contributed by atoms with Gasteiger partial charge in [-0.05, 0) is 53.7 Å². The Labute approximate surface area is 236 Å². The van der Waals surface area contributed by atoms with E-state index in [2.05, 4.69) is 41.5 Å². The third kappa shape index (κ3) is 9.95. The van der Waals surface area contributed by atoms with Gasteiger partial charge in [0, 0.05) is 0 Å². The van der Waals surface area contributed by atoms with Gasteiger partial charge >= 0.3 is 17.9 Å². The van der Waals surface area contributed by atoms with Crippen LogP contribution in [0.3, 0.4) is 0 Å². The Morgan fingerprint density at radius 3 is 0.872 bits per heavy atom. The van der Waals surface area contributed by atoms with Crippen LogP contribution >= 0.6 is 0 Å². The van der Waals surface area contributed by atoms with E-state index in [9.17, 15) is 29.7 Å². The van der Waals surface area contributed by atoms with Crippen molar-refractivity contribution >= 4 is 17.9 Å². The fraction of sp³-hybridized carbons (Fsp3) is 0.727. The van der Waals surface area contributed by atoms with Crippen molar-refractivity contribution < 1.29 is 29.7 Å². The fourth-order valence-corrected chi connectivity index (χ4v) is 6.00. The minimum absolute atomic E-state index is 0.0694. The molecule has 0 saturated heterocycles.